The van der Waals surface area contributed by atoms with Gasteiger partial charge in [0.25, 0.3) is 0 Å². The molecule has 0 unspecified atom stereocenters. The van der Waals surface area contributed by atoms with Gasteiger partial charge in [-0.25, -0.2) is 0 Å². The molecule has 0 saturated carbocycles. The van der Waals surface area contributed by atoms with E-state index in [-0.39, 0.29) is 5.91 Å². The Kier molecular flexibility index (Phi) is 6.59. The summed E-state index contributed by atoms with van der Waals surface area (Å²) in [5.41, 5.74) is 2.93. The number of hydrogen-bond donors (Lipinski definition) is 1. The van der Waals surface area contributed by atoms with Crippen molar-refractivity contribution in [3.8, 4) is 0 Å². The molecule has 0 aliphatic carbocycles. The van der Waals surface area contributed by atoms with Gasteiger partial charge in [-0.3, -0.25) is 4.79 Å². The highest BCUT2D eigenvalue weighted by Crippen LogP contribution is 2.23. The van der Waals surface area contributed by atoms with Crippen LogP contribution in [0.2, 0.25) is 10.0 Å². The molecule has 0 bridgehead atoms. The molecule has 1 N–H and O–H groups in total. The molecule has 1 fully saturated rings. The molecule has 0 radical (unpaired) electrons. The van der Waals surface area contributed by atoms with Gasteiger partial charge in [-0.15, -0.1) is 0 Å². The molecule has 1 saturated heterocycles. The quantitative estimate of drug-likeness (QED) is 0.497. The minimum Gasteiger partial charge on any atom is -0.323 e. The van der Waals surface area contributed by atoms with Crippen LogP contribution in [0.25, 0.3) is 6.08 Å². The third-order valence-corrected chi connectivity index (χ3v) is 5.79. The number of hydrogen-bond acceptors (Lipinski definition) is 1. The molecule has 2 aromatic rings. The number of halogens is 2. The number of carbonyl (C=O) groups is 1. The first-order valence-corrected chi connectivity index (χ1v) is 10.1. The first-order valence-electron chi connectivity index (χ1n) is 9.30. The summed E-state index contributed by atoms with van der Waals surface area (Å²) in [7, 11) is 2.34. The van der Waals surface area contributed by atoms with E-state index in [0.717, 1.165) is 22.3 Å². The SMILES string of the molecule is C[N+]1(Cc2ccc(NC(=O)/C=C/c3ccc(Cl)c(Cl)c3)cc2)CCCCC1. The Labute approximate surface area is 171 Å². The second-order valence-electron chi connectivity index (χ2n) is 7.48. The number of nitrogens with zero attached hydrogens (tertiary/aromatic N) is 1. The molecule has 2 aromatic carbocycles. The van der Waals surface area contributed by atoms with Crippen LogP contribution < -0.4 is 5.32 Å². The molecule has 1 amide bonds. The molecule has 1 aliphatic rings. The van der Waals surface area contributed by atoms with Crippen LogP contribution in [0.1, 0.15) is 30.4 Å². The van der Waals surface area contributed by atoms with Crippen LogP contribution in [0.4, 0.5) is 5.69 Å². The first kappa shape index (κ1) is 19.9. The molecule has 1 aliphatic heterocycles. The van der Waals surface area contributed by atoms with Crippen LogP contribution in [0.3, 0.4) is 0 Å². The molecule has 0 spiro atoms. The van der Waals surface area contributed by atoms with Crippen LogP contribution in [-0.4, -0.2) is 30.5 Å². The first-order chi connectivity index (χ1) is 12.9. The minimum atomic E-state index is -0.177. The summed E-state index contributed by atoms with van der Waals surface area (Å²) < 4.78 is 1.11. The molecule has 0 aromatic heterocycles. The van der Waals surface area contributed by atoms with E-state index >= 15 is 0 Å². The van der Waals surface area contributed by atoms with E-state index in [1.165, 1.54) is 44.0 Å². The smallest absolute Gasteiger partial charge is 0.248 e. The minimum absolute atomic E-state index is 0.177. The van der Waals surface area contributed by atoms with Gasteiger partial charge in [0.1, 0.15) is 6.54 Å². The van der Waals surface area contributed by atoms with Gasteiger partial charge >= 0.3 is 0 Å². The highest BCUT2D eigenvalue weighted by atomic mass is 35.5. The standard InChI is InChI=1S/C22H24Cl2N2O/c1-26(13-3-2-4-14-26)16-18-5-9-19(10-6-18)25-22(27)12-8-17-7-11-20(23)21(24)15-17/h5-12,15H,2-4,13-14,16H2,1H3/p+1/b12-8+. The Morgan fingerprint density at radius 2 is 1.74 bits per heavy atom. The number of rotatable bonds is 5. The normalized spacial score (nSPS) is 16.4. The van der Waals surface area contributed by atoms with E-state index in [1.54, 1.807) is 18.2 Å². The number of nitrogens with one attached hydrogen (secondary N) is 1. The fourth-order valence-corrected chi connectivity index (χ4v) is 3.85. The number of benzene rings is 2. The van der Waals surface area contributed by atoms with Crippen molar-refractivity contribution in [2.24, 2.45) is 0 Å². The molecule has 142 valence electrons. The number of piperidine rings is 1. The molecule has 1 heterocycles. The van der Waals surface area contributed by atoms with Crippen molar-refractivity contribution in [2.45, 2.75) is 25.8 Å². The van der Waals surface area contributed by atoms with Crippen molar-refractivity contribution in [2.75, 3.05) is 25.5 Å². The lowest BCUT2D eigenvalue weighted by molar-refractivity contribution is -0.926. The lowest BCUT2D eigenvalue weighted by atomic mass is 10.1. The summed E-state index contributed by atoms with van der Waals surface area (Å²) in [5, 5.41) is 3.86. The van der Waals surface area contributed by atoms with E-state index in [4.69, 9.17) is 23.2 Å². The molecular formula is C22H25Cl2N2O+. The maximum Gasteiger partial charge on any atom is 0.248 e. The third kappa shape index (κ3) is 5.83. The second-order valence-corrected chi connectivity index (χ2v) is 8.29. The molecule has 5 heteroatoms. The van der Waals surface area contributed by atoms with Crippen molar-refractivity contribution in [3.63, 3.8) is 0 Å². The average molecular weight is 404 g/mol. The van der Waals surface area contributed by atoms with Gasteiger partial charge in [0.15, 0.2) is 0 Å². The lowest BCUT2D eigenvalue weighted by Crippen LogP contribution is -2.46. The third-order valence-electron chi connectivity index (χ3n) is 5.05. The van der Waals surface area contributed by atoms with Crippen LogP contribution >= 0.6 is 23.2 Å². The lowest BCUT2D eigenvalue weighted by Gasteiger charge is -2.37. The van der Waals surface area contributed by atoms with Crippen molar-refractivity contribution in [3.05, 3.63) is 69.7 Å². The van der Waals surface area contributed by atoms with Crippen molar-refractivity contribution < 1.29 is 9.28 Å². The monoisotopic (exact) mass is 403 g/mol. The Balaban J connectivity index is 1.56. The summed E-state index contributed by atoms with van der Waals surface area (Å²) in [4.78, 5) is 12.1. The van der Waals surface area contributed by atoms with E-state index < -0.39 is 0 Å². The van der Waals surface area contributed by atoms with Gasteiger partial charge in [0.2, 0.25) is 5.91 Å². The molecule has 3 nitrogen and oxygen atoms in total. The second kappa shape index (κ2) is 8.92. The molecule has 3 rings (SSSR count). The highest BCUT2D eigenvalue weighted by molar-refractivity contribution is 6.42. The maximum atomic E-state index is 12.1. The van der Waals surface area contributed by atoms with E-state index in [9.17, 15) is 4.79 Å². The van der Waals surface area contributed by atoms with Crippen molar-refractivity contribution >= 4 is 40.9 Å². The Morgan fingerprint density at radius 1 is 1.04 bits per heavy atom. The van der Waals surface area contributed by atoms with Gasteiger partial charge < -0.3 is 9.80 Å². The topological polar surface area (TPSA) is 29.1 Å². The predicted octanol–water partition coefficient (Wildman–Crippen LogP) is 5.78. The summed E-state index contributed by atoms with van der Waals surface area (Å²) in [6.07, 6.45) is 7.20. The summed E-state index contributed by atoms with van der Waals surface area (Å²) in [6, 6.07) is 13.4. The Morgan fingerprint density at radius 3 is 2.41 bits per heavy atom. The predicted molar refractivity (Wildman–Crippen MR) is 114 cm³/mol. The van der Waals surface area contributed by atoms with E-state index in [1.807, 2.05) is 18.2 Å². The van der Waals surface area contributed by atoms with Gasteiger partial charge in [-0.2, -0.15) is 0 Å². The number of likely N-dealkylation sites (tertiary alicyclic amines) is 1. The summed E-state index contributed by atoms with van der Waals surface area (Å²) in [6.45, 7) is 3.54. The van der Waals surface area contributed by atoms with Gasteiger partial charge in [0, 0.05) is 17.3 Å². The zero-order valence-electron chi connectivity index (χ0n) is 15.6. The van der Waals surface area contributed by atoms with Crippen LogP contribution in [-0.2, 0) is 11.3 Å². The van der Waals surface area contributed by atoms with Crippen molar-refractivity contribution in [1.82, 2.24) is 0 Å². The molecular weight excluding hydrogens is 379 g/mol. The Hall–Kier alpha value is -1.81. The zero-order chi connectivity index (χ0) is 19.3. The van der Waals surface area contributed by atoms with E-state index in [0.29, 0.717) is 10.0 Å². The zero-order valence-corrected chi connectivity index (χ0v) is 17.1. The fourth-order valence-electron chi connectivity index (χ4n) is 3.54. The van der Waals surface area contributed by atoms with Crippen molar-refractivity contribution in [1.29, 1.82) is 0 Å². The fraction of sp³-hybridized carbons (Fsp3) is 0.318. The van der Waals surface area contributed by atoms with Gasteiger partial charge in [-0.1, -0.05) is 41.4 Å². The molecule has 0 atom stereocenters. The largest absolute Gasteiger partial charge is 0.323 e. The number of carbonyl (C=O) groups excluding carboxylic acids is 1. The highest BCUT2D eigenvalue weighted by Gasteiger charge is 2.24. The summed E-state index contributed by atoms with van der Waals surface area (Å²) >= 11 is 11.9. The number of quaternary nitrogens is 1. The average Bonchev–Trinajstić information content (AvgIpc) is 2.65. The van der Waals surface area contributed by atoms with Crippen LogP contribution in [0.15, 0.2) is 48.5 Å². The van der Waals surface area contributed by atoms with Crippen LogP contribution in [0, 0.1) is 0 Å². The maximum absolute atomic E-state index is 12.1. The Bertz CT molecular complexity index is 825. The number of anilines is 1. The van der Waals surface area contributed by atoms with Gasteiger partial charge in [0.05, 0.1) is 30.2 Å². The molecule has 27 heavy (non-hydrogen) atoms. The summed E-state index contributed by atoms with van der Waals surface area (Å²) in [5.74, 6) is -0.177. The van der Waals surface area contributed by atoms with Crippen LogP contribution in [0.5, 0.6) is 0 Å². The number of amides is 1. The van der Waals surface area contributed by atoms with Gasteiger partial charge in [-0.05, 0) is 55.2 Å². The van der Waals surface area contributed by atoms with E-state index in [2.05, 4.69) is 24.5 Å².